The van der Waals surface area contributed by atoms with Crippen LogP contribution in [-0.4, -0.2) is 26.4 Å². The number of carbonyl (C=O) groups excluding carboxylic acids is 1. The Morgan fingerprint density at radius 1 is 0.889 bits per heavy atom. The third-order valence-corrected chi connectivity index (χ3v) is 7.02. The summed E-state index contributed by atoms with van der Waals surface area (Å²) in [6, 6.07) is 31.8. The van der Waals surface area contributed by atoms with Gasteiger partial charge in [0.2, 0.25) is 5.91 Å². The molecule has 5 aromatic rings. The Morgan fingerprint density at radius 2 is 1.64 bits per heavy atom. The van der Waals surface area contributed by atoms with Crippen LogP contribution in [0.2, 0.25) is 0 Å². The largest absolute Gasteiger partial charge is 0.486 e. The fourth-order valence-corrected chi connectivity index (χ4v) is 4.74. The van der Waals surface area contributed by atoms with Crippen LogP contribution in [0.25, 0.3) is 10.8 Å². The van der Waals surface area contributed by atoms with Crippen molar-refractivity contribution in [3.05, 3.63) is 113 Å². The van der Waals surface area contributed by atoms with Crippen molar-refractivity contribution in [3.8, 4) is 5.75 Å². The molecule has 8 heteroatoms. The number of anilines is 1. The van der Waals surface area contributed by atoms with Gasteiger partial charge in [0.25, 0.3) is 0 Å². The number of hydrogen-bond donors (Lipinski definition) is 1. The van der Waals surface area contributed by atoms with Gasteiger partial charge in [-0.2, -0.15) is 0 Å². The van der Waals surface area contributed by atoms with Gasteiger partial charge >= 0.3 is 0 Å². The van der Waals surface area contributed by atoms with Gasteiger partial charge in [0.05, 0.1) is 12.3 Å². The van der Waals surface area contributed by atoms with E-state index in [2.05, 4.69) is 55.7 Å². The van der Waals surface area contributed by atoms with Crippen LogP contribution in [-0.2, 0) is 17.9 Å². The first-order chi connectivity index (χ1) is 17.6. The third-order valence-electron chi connectivity index (χ3n) is 5.53. The van der Waals surface area contributed by atoms with Crippen molar-refractivity contribution in [1.82, 2.24) is 14.8 Å². The molecule has 0 unspecified atom stereocenters. The Bertz CT molecular complexity index is 1470. The molecule has 1 heterocycles. The number of fused-ring (bicyclic) bond motifs is 1. The first-order valence-electron chi connectivity index (χ1n) is 11.4. The zero-order chi connectivity index (χ0) is 24.7. The molecule has 0 bridgehead atoms. The van der Waals surface area contributed by atoms with Crippen molar-refractivity contribution in [2.24, 2.45) is 0 Å². The number of benzene rings is 4. The number of amides is 1. The Morgan fingerprint density at radius 3 is 2.44 bits per heavy atom. The van der Waals surface area contributed by atoms with Gasteiger partial charge in [-0.1, -0.05) is 88.4 Å². The summed E-state index contributed by atoms with van der Waals surface area (Å²) < 4.78 is 9.06. The molecule has 1 amide bonds. The monoisotopic (exact) mass is 558 g/mol. The van der Waals surface area contributed by atoms with Crippen LogP contribution in [0.4, 0.5) is 5.69 Å². The van der Waals surface area contributed by atoms with Crippen LogP contribution >= 0.6 is 27.7 Å². The molecule has 4 aromatic carbocycles. The summed E-state index contributed by atoms with van der Waals surface area (Å²) in [5.41, 5.74) is 1.87. The van der Waals surface area contributed by atoms with Crippen molar-refractivity contribution in [2.75, 3.05) is 11.1 Å². The number of ether oxygens (including phenoxy) is 1. The second-order valence-electron chi connectivity index (χ2n) is 8.11. The molecule has 0 atom stereocenters. The Kier molecular flexibility index (Phi) is 7.64. The smallest absolute Gasteiger partial charge is 0.234 e. The lowest BCUT2D eigenvalue weighted by Gasteiger charge is -2.12. The van der Waals surface area contributed by atoms with Crippen LogP contribution in [0.15, 0.2) is 107 Å². The molecule has 0 spiro atoms. The van der Waals surface area contributed by atoms with E-state index in [4.69, 9.17) is 4.74 Å². The fraction of sp³-hybridized carbons (Fsp3) is 0.107. The van der Waals surface area contributed by atoms with E-state index < -0.39 is 0 Å². The number of hydrogen-bond acceptors (Lipinski definition) is 5. The molecule has 180 valence electrons. The van der Waals surface area contributed by atoms with E-state index in [9.17, 15) is 4.79 Å². The van der Waals surface area contributed by atoms with E-state index in [0.29, 0.717) is 17.5 Å². The Labute approximate surface area is 221 Å². The van der Waals surface area contributed by atoms with Crippen molar-refractivity contribution in [3.63, 3.8) is 0 Å². The molecule has 1 aromatic heterocycles. The van der Waals surface area contributed by atoms with E-state index in [0.717, 1.165) is 32.2 Å². The molecular weight excluding hydrogens is 536 g/mol. The van der Waals surface area contributed by atoms with E-state index in [1.54, 1.807) is 0 Å². The van der Waals surface area contributed by atoms with Crippen molar-refractivity contribution in [2.45, 2.75) is 18.3 Å². The van der Waals surface area contributed by atoms with Gasteiger partial charge in [0, 0.05) is 10.2 Å². The maximum absolute atomic E-state index is 12.5. The minimum absolute atomic E-state index is 0.106. The van der Waals surface area contributed by atoms with Gasteiger partial charge in [-0.3, -0.25) is 9.36 Å². The zero-order valence-corrected chi connectivity index (χ0v) is 21.7. The number of halogens is 1. The maximum Gasteiger partial charge on any atom is 0.234 e. The highest BCUT2D eigenvalue weighted by Crippen LogP contribution is 2.23. The van der Waals surface area contributed by atoms with Gasteiger partial charge in [-0.25, -0.2) is 0 Å². The van der Waals surface area contributed by atoms with E-state index in [1.807, 2.05) is 77.4 Å². The van der Waals surface area contributed by atoms with Crippen LogP contribution in [0.5, 0.6) is 5.75 Å². The number of nitrogens with one attached hydrogen (secondary N) is 1. The van der Waals surface area contributed by atoms with Crippen LogP contribution in [0.1, 0.15) is 11.4 Å². The lowest BCUT2D eigenvalue weighted by molar-refractivity contribution is -0.113. The summed E-state index contributed by atoms with van der Waals surface area (Å²) in [5, 5.41) is 14.6. The van der Waals surface area contributed by atoms with Crippen molar-refractivity contribution in [1.29, 1.82) is 0 Å². The van der Waals surface area contributed by atoms with Gasteiger partial charge in [0.1, 0.15) is 12.4 Å². The predicted molar refractivity (Wildman–Crippen MR) is 147 cm³/mol. The summed E-state index contributed by atoms with van der Waals surface area (Å²) >= 11 is 4.76. The number of carbonyl (C=O) groups is 1. The zero-order valence-electron chi connectivity index (χ0n) is 19.3. The minimum Gasteiger partial charge on any atom is -0.486 e. The lowest BCUT2D eigenvalue weighted by Crippen LogP contribution is -2.15. The normalized spacial score (nSPS) is 10.9. The van der Waals surface area contributed by atoms with Gasteiger partial charge < -0.3 is 10.1 Å². The van der Waals surface area contributed by atoms with Crippen LogP contribution < -0.4 is 10.1 Å². The van der Waals surface area contributed by atoms with Crippen molar-refractivity contribution >= 4 is 50.1 Å². The summed E-state index contributed by atoms with van der Waals surface area (Å²) in [6.45, 7) is 0.852. The second-order valence-corrected chi connectivity index (χ2v) is 9.97. The first-order valence-corrected chi connectivity index (χ1v) is 13.2. The summed E-state index contributed by atoms with van der Waals surface area (Å²) in [7, 11) is 0. The number of rotatable bonds is 9. The van der Waals surface area contributed by atoms with Gasteiger partial charge in [0.15, 0.2) is 11.0 Å². The molecule has 0 saturated carbocycles. The number of thioether (sulfide) groups is 1. The molecular formula is C28H23BrN4O2S. The molecule has 1 N–H and O–H groups in total. The molecule has 0 aliphatic heterocycles. The Balaban J connectivity index is 1.30. The Hall–Kier alpha value is -3.62. The summed E-state index contributed by atoms with van der Waals surface area (Å²) in [5.74, 6) is 1.58. The average Bonchev–Trinajstić information content (AvgIpc) is 3.29. The molecule has 0 saturated heterocycles. The topological polar surface area (TPSA) is 69.0 Å². The second kappa shape index (κ2) is 11.4. The molecule has 5 rings (SSSR count). The van der Waals surface area contributed by atoms with Crippen LogP contribution in [0.3, 0.4) is 0 Å². The fourth-order valence-electron chi connectivity index (χ4n) is 3.72. The SMILES string of the molecule is O=C(CSc1nnc(COc2ccc3ccccc3c2)n1Cc1ccccc1)Nc1ccc(Br)cc1. The standard InChI is InChI=1S/C28H23BrN4O2S/c29-23-11-13-24(14-12-23)30-27(34)19-36-28-32-31-26(33(28)17-20-6-2-1-3-7-20)18-35-25-15-10-21-8-4-5-9-22(21)16-25/h1-16H,17-19H2,(H,30,34). The van der Waals surface area contributed by atoms with Gasteiger partial charge in [-0.15, -0.1) is 10.2 Å². The summed E-state index contributed by atoms with van der Waals surface area (Å²) in [6.07, 6.45) is 0. The highest BCUT2D eigenvalue weighted by Gasteiger charge is 2.16. The highest BCUT2D eigenvalue weighted by atomic mass is 79.9. The van der Waals surface area contributed by atoms with Crippen LogP contribution in [0, 0.1) is 0 Å². The molecule has 0 fully saturated rings. The highest BCUT2D eigenvalue weighted by molar-refractivity contribution is 9.10. The molecule has 0 aliphatic carbocycles. The van der Waals surface area contributed by atoms with Crippen molar-refractivity contribution < 1.29 is 9.53 Å². The molecule has 0 radical (unpaired) electrons. The first kappa shape index (κ1) is 24.1. The van der Waals surface area contributed by atoms with E-state index in [1.165, 1.54) is 11.8 Å². The predicted octanol–water partition coefficient (Wildman–Crippen LogP) is 6.55. The molecule has 0 aliphatic rings. The van der Waals surface area contributed by atoms with E-state index in [-0.39, 0.29) is 18.3 Å². The quantitative estimate of drug-likeness (QED) is 0.208. The minimum atomic E-state index is -0.106. The number of nitrogens with zero attached hydrogens (tertiary/aromatic N) is 3. The maximum atomic E-state index is 12.5. The summed E-state index contributed by atoms with van der Waals surface area (Å²) in [4.78, 5) is 12.5. The molecule has 36 heavy (non-hydrogen) atoms. The lowest BCUT2D eigenvalue weighted by atomic mass is 10.1. The average molecular weight is 559 g/mol. The molecule has 6 nitrogen and oxygen atoms in total. The number of aromatic nitrogens is 3. The van der Waals surface area contributed by atoms with E-state index >= 15 is 0 Å². The van der Waals surface area contributed by atoms with Gasteiger partial charge in [-0.05, 0) is 52.7 Å². The third kappa shape index (κ3) is 6.13.